The number of amides is 1. The van der Waals surface area contributed by atoms with Gasteiger partial charge in [-0.3, -0.25) is 4.79 Å². The van der Waals surface area contributed by atoms with E-state index in [0.29, 0.717) is 23.0 Å². The van der Waals surface area contributed by atoms with Crippen LogP contribution < -0.4 is 11.1 Å². The van der Waals surface area contributed by atoms with Crippen LogP contribution in [0.15, 0.2) is 23.1 Å². The molecule has 0 aromatic heterocycles. The molecule has 1 amide bonds. The van der Waals surface area contributed by atoms with E-state index in [4.69, 9.17) is 10.5 Å². The van der Waals surface area contributed by atoms with Crippen LogP contribution in [-0.2, 0) is 4.74 Å². The molecule has 0 radical (unpaired) electrons. The first-order valence-electron chi connectivity index (χ1n) is 5.63. The van der Waals surface area contributed by atoms with Crippen LogP contribution in [0.2, 0.25) is 0 Å². The van der Waals surface area contributed by atoms with E-state index in [1.165, 1.54) is 0 Å². The minimum atomic E-state index is -0.0461. The van der Waals surface area contributed by atoms with E-state index in [2.05, 4.69) is 5.32 Å². The minimum Gasteiger partial charge on any atom is -0.399 e. The van der Waals surface area contributed by atoms with E-state index < -0.39 is 0 Å². The number of benzene rings is 1. The number of nitrogens with one attached hydrogen (secondary N) is 1. The van der Waals surface area contributed by atoms with Crippen LogP contribution in [0.3, 0.4) is 0 Å². The van der Waals surface area contributed by atoms with Gasteiger partial charge in [-0.25, -0.2) is 0 Å². The molecule has 0 bridgehead atoms. The first-order valence-corrected chi connectivity index (χ1v) is 6.50. The summed E-state index contributed by atoms with van der Waals surface area (Å²) in [7, 11) is 0. The average molecular weight is 252 g/mol. The molecule has 92 valence electrons. The summed E-state index contributed by atoms with van der Waals surface area (Å²) < 4.78 is 5.13. The van der Waals surface area contributed by atoms with Gasteiger partial charge >= 0.3 is 0 Å². The van der Waals surface area contributed by atoms with E-state index in [1.54, 1.807) is 23.9 Å². The van der Waals surface area contributed by atoms with Crippen LogP contribution in [0.5, 0.6) is 0 Å². The number of hydrogen-bond donors (Lipinski definition) is 2. The Labute approximate surface area is 105 Å². The zero-order chi connectivity index (χ0) is 12.3. The van der Waals surface area contributed by atoms with Crippen LogP contribution in [0.4, 0.5) is 5.69 Å². The molecular formula is C12H16N2O2S. The third-order valence-corrected chi connectivity index (χ3v) is 3.69. The van der Waals surface area contributed by atoms with E-state index >= 15 is 0 Å². The van der Waals surface area contributed by atoms with Crippen LogP contribution in [0.25, 0.3) is 0 Å². The van der Waals surface area contributed by atoms with Gasteiger partial charge in [0, 0.05) is 17.1 Å². The Balaban J connectivity index is 2.19. The van der Waals surface area contributed by atoms with Crippen molar-refractivity contribution >= 4 is 23.4 Å². The largest absolute Gasteiger partial charge is 0.399 e. The number of nitrogen functional groups attached to an aromatic ring is 1. The Morgan fingerprint density at radius 2 is 2.35 bits per heavy atom. The Bertz CT molecular complexity index is 419. The van der Waals surface area contributed by atoms with Gasteiger partial charge in [-0.1, -0.05) is 0 Å². The van der Waals surface area contributed by atoms with Crippen molar-refractivity contribution in [3.63, 3.8) is 0 Å². The van der Waals surface area contributed by atoms with Gasteiger partial charge in [0.05, 0.1) is 24.0 Å². The molecule has 1 aromatic carbocycles. The molecule has 5 heteroatoms. The van der Waals surface area contributed by atoms with Crippen molar-refractivity contribution in [3.8, 4) is 0 Å². The predicted octanol–water partition coefficient (Wildman–Crippen LogP) is 1.51. The number of carbonyl (C=O) groups excluding carboxylic acids is 1. The standard InChI is InChI=1S/C12H16N2O2S/c1-2-14-12(15)10-4-3-8(13)5-11(10)17-9-6-16-7-9/h3-5,9H,2,6-7,13H2,1H3,(H,14,15). The number of nitrogens with two attached hydrogens (primary N) is 1. The fourth-order valence-electron chi connectivity index (χ4n) is 1.54. The highest BCUT2D eigenvalue weighted by atomic mass is 32.2. The number of anilines is 1. The Kier molecular flexibility index (Phi) is 3.91. The molecule has 1 fully saturated rings. The molecule has 1 saturated heterocycles. The Morgan fingerprint density at radius 1 is 1.59 bits per heavy atom. The molecule has 0 saturated carbocycles. The van der Waals surface area contributed by atoms with Gasteiger partial charge in [0.25, 0.3) is 5.91 Å². The lowest BCUT2D eigenvalue weighted by Crippen LogP contribution is -2.30. The van der Waals surface area contributed by atoms with Crippen molar-refractivity contribution in [1.29, 1.82) is 0 Å². The van der Waals surface area contributed by atoms with Crippen molar-refractivity contribution in [3.05, 3.63) is 23.8 Å². The summed E-state index contributed by atoms with van der Waals surface area (Å²) >= 11 is 1.66. The van der Waals surface area contributed by atoms with E-state index in [0.717, 1.165) is 18.1 Å². The third-order valence-electron chi connectivity index (χ3n) is 2.49. The third kappa shape index (κ3) is 2.92. The SMILES string of the molecule is CCNC(=O)c1ccc(N)cc1SC1COC1. The van der Waals surface area contributed by atoms with Crippen LogP contribution >= 0.6 is 11.8 Å². The lowest BCUT2D eigenvalue weighted by atomic mass is 10.2. The Morgan fingerprint density at radius 3 is 2.94 bits per heavy atom. The van der Waals surface area contributed by atoms with Gasteiger partial charge < -0.3 is 15.8 Å². The van der Waals surface area contributed by atoms with Gasteiger partial charge in [-0.15, -0.1) is 11.8 Å². The zero-order valence-corrected chi connectivity index (χ0v) is 10.5. The number of thioether (sulfide) groups is 1. The maximum Gasteiger partial charge on any atom is 0.252 e. The lowest BCUT2D eigenvalue weighted by Gasteiger charge is -2.26. The molecular weight excluding hydrogens is 236 g/mol. The second kappa shape index (κ2) is 5.42. The monoisotopic (exact) mass is 252 g/mol. The molecule has 1 aromatic rings. The smallest absolute Gasteiger partial charge is 0.252 e. The molecule has 1 aliphatic rings. The number of rotatable bonds is 4. The number of hydrogen-bond acceptors (Lipinski definition) is 4. The number of carbonyl (C=O) groups is 1. The van der Waals surface area contributed by atoms with E-state index in [-0.39, 0.29) is 5.91 Å². The van der Waals surface area contributed by atoms with Gasteiger partial charge in [-0.05, 0) is 25.1 Å². The maximum absolute atomic E-state index is 11.9. The minimum absolute atomic E-state index is 0.0461. The van der Waals surface area contributed by atoms with E-state index in [9.17, 15) is 4.79 Å². The quantitative estimate of drug-likeness (QED) is 0.797. The summed E-state index contributed by atoms with van der Waals surface area (Å²) in [6.45, 7) is 4.02. The second-order valence-electron chi connectivity index (χ2n) is 3.89. The van der Waals surface area contributed by atoms with Gasteiger partial charge in [-0.2, -0.15) is 0 Å². The topological polar surface area (TPSA) is 64.4 Å². The van der Waals surface area contributed by atoms with Crippen molar-refractivity contribution in [2.75, 3.05) is 25.5 Å². The van der Waals surface area contributed by atoms with Gasteiger partial charge in [0.1, 0.15) is 0 Å². The highest BCUT2D eigenvalue weighted by molar-refractivity contribution is 8.00. The van der Waals surface area contributed by atoms with Gasteiger partial charge in [0.2, 0.25) is 0 Å². The molecule has 0 atom stereocenters. The summed E-state index contributed by atoms with van der Waals surface area (Å²) in [4.78, 5) is 12.8. The lowest BCUT2D eigenvalue weighted by molar-refractivity contribution is 0.0455. The average Bonchev–Trinajstić information content (AvgIpc) is 2.24. The molecule has 1 heterocycles. The van der Waals surface area contributed by atoms with Crippen LogP contribution in [0.1, 0.15) is 17.3 Å². The first-order chi connectivity index (χ1) is 8.20. The normalized spacial score (nSPS) is 15.4. The summed E-state index contributed by atoms with van der Waals surface area (Å²) in [6.07, 6.45) is 0. The molecule has 3 N–H and O–H groups in total. The molecule has 17 heavy (non-hydrogen) atoms. The van der Waals surface area contributed by atoms with Crippen molar-refractivity contribution < 1.29 is 9.53 Å². The molecule has 0 unspecified atom stereocenters. The number of ether oxygens (including phenoxy) is 1. The molecule has 4 nitrogen and oxygen atoms in total. The van der Waals surface area contributed by atoms with Gasteiger partial charge in [0.15, 0.2) is 0 Å². The predicted molar refractivity (Wildman–Crippen MR) is 69.3 cm³/mol. The highest BCUT2D eigenvalue weighted by Crippen LogP contribution is 2.32. The summed E-state index contributed by atoms with van der Waals surface area (Å²) in [5.74, 6) is -0.0461. The fraction of sp³-hybridized carbons (Fsp3) is 0.417. The van der Waals surface area contributed by atoms with Crippen LogP contribution in [0, 0.1) is 0 Å². The van der Waals surface area contributed by atoms with Crippen LogP contribution in [-0.4, -0.2) is 30.9 Å². The van der Waals surface area contributed by atoms with Crippen molar-refractivity contribution in [2.24, 2.45) is 0 Å². The van der Waals surface area contributed by atoms with Crippen molar-refractivity contribution in [2.45, 2.75) is 17.1 Å². The fourth-order valence-corrected chi connectivity index (χ4v) is 2.72. The maximum atomic E-state index is 11.9. The summed E-state index contributed by atoms with van der Waals surface area (Å²) in [5, 5.41) is 3.24. The van der Waals surface area contributed by atoms with Crippen molar-refractivity contribution in [1.82, 2.24) is 5.32 Å². The highest BCUT2D eigenvalue weighted by Gasteiger charge is 2.22. The second-order valence-corrected chi connectivity index (χ2v) is 5.23. The molecule has 0 aliphatic carbocycles. The van der Waals surface area contributed by atoms with E-state index in [1.807, 2.05) is 13.0 Å². The molecule has 2 rings (SSSR count). The first kappa shape index (κ1) is 12.3. The molecule has 0 spiro atoms. The molecule has 1 aliphatic heterocycles. The Hall–Kier alpha value is -1.20. The summed E-state index contributed by atoms with van der Waals surface area (Å²) in [6, 6.07) is 5.39. The summed E-state index contributed by atoms with van der Waals surface area (Å²) in [5.41, 5.74) is 7.13. The zero-order valence-electron chi connectivity index (χ0n) is 9.73.